The summed E-state index contributed by atoms with van der Waals surface area (Å²) in [5.74, 6) is 0.352. The number of hydrogen-bond acceptors (Lipinski definition) is 4. The predicted molar refractivity (Wildman–Crippen MR) is 72.1 cm³/mol. The fraction of sp³-hybridized carbons (Fsp3) is 0.250. The van der Waals surface area contributed by atoms with Crippen molar-refractivity contribution in [1.82, 2.24) is 4.98 Å². The highest BCUT2D eigenvalue weighted by molar-refractivity contribution is 7.15. The molecule has 2 rings (SSSR count). The average Bonchev–Trinajstić information content (AvgIpc) is 2.74. The second-order valence-electron chi connectivity index (χ2n) is 3.73. The third-order valence-corrected chi connectivity index (χ3v) is 3.58. The van der Waals surface area contributed by atoms with E-state index in [1.807, 2.05) is 0 Å². The second-order valence-corrected chi connectivity index (χ2v) is 5.43. The standard InChI is InChI=1S/C12H12ClFN2OS/c1-7-3-9(14)10(4-11(7)17-2)15-5-8-6-16-12(13)18-8/h3-4,6,15H,5H2,1-2H3. The molecule has 0 amide bonds. The highest BCUT2D eigenvalue weighted by Crippen LogP contribution is 2.26. The fourth-order valence-electron chi connectivity index (χ4n) is 1.56. The van der Waals surface area contributed by atoms with E-state index < -0.39 is 0 Å². The molecule has 0 atom stereocenters. The van der Waals surface area contributed by atoms with Crippen molar-refractivity contribution in [3.8, 4) is 5.75 Å². The quantitative estimate of drug-likeness (QED) is 0.926. The maximum absolute atomic E-state index is 13.7. The number of benzene rings is 1. The Morgan fingerprint density at radius 3 is 2.89 bits per heavy atom. The Morgan fingerprint density at radius 1 is 1.50 bits per heavy atom. The molecule has 1 aromatic carbocycles. The highest BCUT2D eigenvalue weighted by Gasteiger charge is 2.08. The first-order valence-corrected chi connectivity index (χ1v) is 6.48. The molecule has 0 aliphatic rings. The van der Waals surface area contributed by atoms with Gasteiger partial charge in [0.1, 0.15) is 11.6 Å². The minimum Gasteiger partial charge on any atom is -0.496 e. The molecule has 3 nitrogen and oxygen atoms in total. The molecule has 0 spiro atoms. The Kier molecular flexibility index (Phi) is 4.04. The van der Waals surface area contributed by atoms with Gasteiger partial charge in [-0.15, -0.1) is 11.3 Å². The van der Waals surface area contributed by atoms with Crippen LogP contribution in [0.15, 0.2) is 18.3 Å². The van der Waals surface area contributed by atoms with Gasteiger partial charge >= 0.3 is 0 Å². The molecule has 6 heteroatoms. The van der Waals surface area contributed by atoms with Crippen molar-refractivity contribution in [2.24, 2.45) is 0 Å². The van der Waals surface area contributed by atoms with E-state index in [0.717, 1.165) is 10.4 Å². The smallest absolute Gasteiger partial charge is 0.183 e. The van der Waals surface area contributed by atoms with Gasteiger partial charge in [0.15, 0.2) is 4.47 Å². The van der Waals surface area contributed by atoms with Crippen LogP contribution in [-0.2, 0) is 6.54 Å². The van der Waals surface area contributed by atoms with E-state index in [1.54, 1.807) is 26.3 Å². The summed E-state index contributed by atoms with van der Waals surface area (Å²) >= 11 is 7.09. The van der Waals surface area contributed by atoms with Crippen LogP contribution >= 0.6 is 22.9 Å². The van der Waals surface area contributed by atoms with Gasteiger partial charge in [-0.3, -0.25) is 0 Å². The maximum Gasteiger partial charge on any atom is 0.183 e. The maximum atomic E-state index is 13.7. The van der Waals surface area contributed by atoms with Crippen LogP contribution in [0.4, 0.5) is 10.1 Å². The number of ether oxygens (including phenoxy) is 1. The first-order chi connectivity index (χ1) is 8.60. The number of halogens is 2. The number of hydrogen-bond donors (Lipinski definition) is 1. The fourth-order valence-corrected chi connectivity index (χ4v) is 2.47. The molecule has 1 N–H and O–H groups in total. The van der Waals surface area contributed by atoms with Crippen molar-refractivity contribution in [3.63, 3.8) is 0 Å². The topological polar surface area (TPSA) is 34.1 Å². The molecule has 1 heterocycles. The first kappa shape index (κ1) is 13.1. The van der Waals surface area contributed by atoms with Crippen LogP contribution in [-0.4, -0.2) is 12.1 Å². The van der Waals surface area contributed by atoms with E-state index >= 15 is 0 Å². The third-order valence-electron chi connectivity index (χ3n) is 2.46. The minimum absolute atomic E-state index is 0.302. The number of thiazole rings is 1. The minimum atomic E-state index is -0.302. The molecule has 0 saturated heterocycles. The van der Waals surface area contributed by atoms with Gasteiger partial charge in [0.25, 0.3) is 0 Å². The normalized spacial score (nSPS) is 10.4. The van der Waals surface area contributed by atoms with Crippen LogP contribution in [0.25, 0.3) is 0 Å². The largest absolute Gasteiger partial charge is 0.496 e. The summed E-state index contributed by atoms with van der Waals surface area (Å²) in [4.78, 5) is 4.87. The van der Waals surface area contributed by atoms with E-state index in [0.29, 0.717) is 22.4 Å². The number of nitrogens with zero attached hydrogens (tertiary/aromatic N) is 1. The lowest BCUT2D eigenvalue weighted by molar-refractivity contribution is 0.410. The van der Waals surface area contributed by atoms with Gasteiger partial charge in [0.2, 0.25) is 0 Å². The molecular weight excluding hydrogens is 275 g/mol. The van der Waals surface area contributed by atoms with Gasteiger partial charge in [-0.05, 0) is 18.6 Å². The molecule has 0 saturated carbocycles. The summed E-state index contributed by atoms with van der Waals surface area (Å²) in [5, 5.41) is 3.00. The van der Waals surface area contributed by atoms with Crippen molar-refractivity contribution in [2.45, 2.75) is 13.5 Å². The van der Waals surface area contributed by atoms with Crippen LogP contribution in [0.1, 0.15) is 10.4 Å². The highest BCUT2D eigenvalue weighted by atomic mass is 35.5. The zero-order valence-corrected chi connectivity index (χ0v) is 11.5. The zero-order chi connectivity index (χ0) is 13.1. The Labute approximate surface area is 114 Å². The summed E-state index contributed by atoms with van der Waals surface area (Å²) < 4.78 is 19.4. The summed E-state index contributed by atoms with van der Waals surface area (Å²) in [7, 11) is 1.56. The Morgan fingerprint density at radius 2 is 2.28 bits per heavy atom. The molecule has 0 radical (unpaired) electrons. The Balaban J connectivity index is 2.13. The summed E-state index contributed by atoms with van der Waals surface area (Å²) in [6.45, 7) is 2.28. The van der Waals surface area contributed by atoms with Crippen LogP contribution in [0, 0.1) is 12.7 Å². The van der Waals surface area contributed by atoms with Gasteiger partial charge in [-0.25, -0.2) is 9.37 Å². The molecule has 0 unspecified atom stereocenters. The van der Waals surface area contributed by atoms with Crippen molar-refractivity contribution in [3.05, 3.63) is 39.1 Å². The number of methoxy groups -OCH3 is 1. The van der Waals surface area contributed by atoms with Crippen molar-refractivity contribution in [1.29, 1.82) is 0 Å². The van der Waals surface area contributed by atoms with Crippen molar-refractivity contribution < 1.29 is 9.13 Å². The number of rotatable bonds is 4. The van der Waals surface area contributed by atoms with E-state index in [2.05, 4.69) is 10.3 Å². The lowest BCUT2D eigenvalue weighted by Gasteiger charge is -2.10. The van der Waals surface area contributed by atoms with Crippen molar-refractivity contribution >= 4 is 28.6 Å². The van der Waals surface area contributed by atoms with E-state index in [4.69, 9.17) is 16.3 Å². The number of nitrogens with one attached hydrogen (secondary N) is 1. The Bertz CT molecular complexity index is 559. The molecule has 0 fully saturated rings. The van der Waals surface area contributed by atoms with Gasteiger partial charge in [0.05, 0.1) is 19.3 Å². The summed E-state index contributed by atoms with van der Waals surface area (Å²) in [6, 6.07) is 3.09. The summed E-state index contributed by atoms with van der Waals surface area (Å²) in [5.41, 5.74) is 1.17. The average molecular weight is 287 g/mol. The number of anilines is 1. The monoisotopic (exact) mass is 286 g/mol. The van der Waals surface area contributed by atoms with E-state index in [9.17, 15) is 4.39 Å². The SMILES string of the molecule is COc1cc(NCc2cnc(Cl)s2)c(F)cc1C. The molecule has 0 bridgehead atoms. The zero-order valence-electron chi connectivity index (χ0n) is 9.96. The van der Waals surface area contributed by atoms with Gasteiger partial charge < -0.3 is 10.1 Å². The molecule has 18 heavy (non-hydrogen) atoms. The van der Waals surface area contributed by atoms with Crippen LogP contribution < -0.4 is 10.1 Å². The lowest BCUT2D eigenvalue weighted by Crippen LogP contribution is -2.01. The number of aryl methyl sites for hydroxylation is 1. The molecule has 0 aliphatic heterocycles. The molecule has 96 valence electrons. The van der Waals surface area contributed by atoms with Crippen LogP contribution in [0.5, 0.6) is 5.75 Å². The van der Waals surface area contributed by atoms with Crippen molar-refractivity contribution in [2.75, 3.05) is 12.4 Å². The van der Waals surface area contributed by atoms with Crippen LogP contribution in [0.3, 0.4) is 0 Å². The number of aromatic nitrogens is 1. The van der Waals surface area contributed by atoms with Gasteiger partial charge in [-0.1, -0.05) is 11.6 Å². The molecule has 1 aromatic heterocycles. The van der Waals surface area contributed by atoms with Gasteiger partial charge in [-0.2, -0.15) is 0 Å². The van der Waals surface area contributed by atoms with E-state index in [1.165, 1.54) is 17.4 Å². The summed E-state index contributed by atoms with van der Waals surface area (Å²) in [6.07, 6.45) is 1.67. The van der Waals surface area contributed by atoms with Crippen LogP contribution in [0.2, 0.25) is 4.47 Å². The second kappa shape index (κ2) is 5.54. The first-order valence-electron chi connectivity index (χ1n) is 5.28. The predicted octanol–water partition coefficient (Wildman–Crippen LogP) is 3.86. The Hall–Kier alpha value is -1.33. The lowest BCUT2D eigenvalue weighted by atomic mass is 10.2. The third kappa shape index (κ3) is 2.91. The molecule has 2 aromatic rings. The van der Waals surface area contributed by atoms with E-state index in [-0.39, 0.29) is 5.82 Å². The van der Waals surface area contributed by atoms with Gasteiger partial charge in [0, 0.05) is 17.1 Å². The molecule has 0 aliphatic carbocycles. The molecular formula is C12H12ClFN2OS.